The first kappa shape index (κ1) is 31.5. The SMILES string of the molecule is CCCCCCCCCCOC(=O)C(CCCCCCCC)CCCCCCCCCC. The van der Waals surface area contributed by atoms with E-state index in [-0.39, 0.29) is 11.9 Å². The van der Waals surface area contributed by atoms with E-state index in [0.29, 0.717) is 6.61 Å². The van der Waals surface area contributed by atoms with Crippen molar-refractivity contribution in [1.29, 1.82) is 0 Å². The van der Waals surface area contributed by atoms with Gasteiger partial charge < -0.3 is 4.74 Å². The quantitative estimate of drug-likeness (QED) is 0.0963. The molecule has 0 bridgehead atoms. The van der Waals surface area contributed by atoms with Crippen LogP contribution in [0.2, 0.25) is 0 Å². The number of rotatable bonds is 26. The van der Waals surface area contributed by atoms with Gasteiger partial charge in [0.2, 0.25) is 0 Å². The third kappa shape index (κ3) is 22.7. The summed E-state index contributed by atoms with van der Waals surface area (Å²) in [5, 5.41) is 0. The lowest BCUT2D eigenvalue weighted by Gasteiger charge is -2.16. The van der Waals surface area contributed by atoms with Crippen molar-refractivity contribution in [2.45, 2.75) is 175 Å². The molecule has 1 atom stereocenters. The summed E-state index contributed by atoms with van der Waals surface area (Å²) in [5.74, 6) is 0.250. The second-order valence-electron chi connectivity index (χ2n) is 10.2. The van der Waals surface area contributed by atoms with Gasteiger partial charge in [-0.2, -0.15) is 0 Å². The van der Waals surface area contributed by atoms with Crippen molar-refractivity contribution in [3.63, 3.8) is 0 Å². The molecular formula is C30H60O2. The molecule has 2 nitrogen and oxygen atoms in total. The molecule has 0 heterocycles. The summed E-state index contributed by atoms with van der Waals surface area (Å²) >= 11 is 0. The number of unbranched alkanes of at least 4 members (excludes halogenated alkanes) is 19. The van der Waals surface area contributed by atoms with Crippen molar-refractivity contribution in [3.05, 3.63) is 0 Å². The zero-order valence-corrected chi connectivity index (χ0v) is 22.6. The van der Waals surface area contributed by atoms with Crippen molar-refractivity contribution < 1.29 is 9.53 Å². The number of hydrogen-bond donors (Lipinski definition) is 0. The molecule has 0 saturated carbocycles. The van der Waals surface area contributed by atoms with Gasteiger partial charge in [-0.15, -0.1) is 0 Å². The number of carbonyl (C=O) groups excluding carboxylic acids is 1. The normalized spacial score (nSPS) is 12.2. The Morgan fingerprint density at radius 1 is 0.469 bits per heavy atom. The maximum absolute atomic E-state index is 12.7. The molecule has 0 aromatic carbocycles. The van der Waals surface area contributed by atoms with Gasteiger partial charge in [0, 0.05) is 0 Å². The summed E-state index contributed by atoms with van der Waals surface area (Å²) < 4.78 is 5.73. The second kappa shape index (κ2) is 26.7. The standard InChI is InChI=1S/C30H60O2/c1-4-7-10-13-16-18-21-24-27-29(26-23-20-15-12-9-6-3)30(31)32-28-25-22-19-17-14-11-8-5-2/h29H,4-28H2,1-3H3. The van der Waals surface area contributed by atoms with E-state index in [2.05, 4.69) is 20.8 Å². The van der Waals surface area contributed by atoms with Crippen LogP contribution in [-0.4, -0.2) is 12.6 Å². The molecule has 0 aliphatic carbocycles. The van der Waals surface area contributed by atoms with E-state index >= 15 is 0 Å². The Labute approximate surface area is 203 Å². The smallest absolute Gasteiger partial charge is 0.308 e. The fourth-order valence-electron chi connectivity index (χ4n) is 4.60. The van der Waals surface area contributed by atoms with E-state index in [1.807, 2.05) is 0 Å². The van der Waals surface area contributed by atoms with Gasteiger partial charge in [-0.05, 0) is 19.3 Å². The first-order valence-electron chi connectivity index (χ1n) is 14.9. The summed E-state index contributed by atoms with van der Waals surface area (Å²) in [6, 6.07) is 0. The maximum Gasteiger partial charge on any atom is 0.308 e. The molecule has 1 unspecified atom stereocenters. The molecule has 0 saturated heterocycles. The maximum atomic E-state index is 12.7. The average Bonchev–Trinajstić information content (AvgIpc) is 2.80. The summed E-state index contributed by atoms with van der Waals surface area (Å²) in [6.07, 6.45) is 30.8. The highest BCUT2D eigenvalue weighted by Crippen LogP contribution is 2.21. The second-order valence-corrected chi connectivity index (χ2v) is 10.2. The Kier molecular flexibility index (Phi) is 26.3. The third-order valence-electron chi connectivity index (χ3n) is 6.89. The van der Waals surface area contributed by atoms with Crippen molar-refractivity contribution in [2.75, 3.05) is 6.61 Å². The van der Waals surface area contributed by atoms with Crippen molar-refractivity contribution in [3.8, 4) is 0 Å². The van der Waals surface area contributed by atoms with Gasteiger partial charge >= 0.3 is 5.97 Å². The van der Waals surface area contributed by atoms with Crippen LogP contribution in [0.4, 0.5) is 0 Å². The molecule has 2 heteroatoms. The predicted molar refractivity (Wildman–Crippen MR) is 142 cm³/mol. The minimum absolute atomic E-state index is 0.101. The van der Waals surface area contributed by atoms with Crippen LogP contribution in [-0.2, 0) is 9.53 Å². The minimum atomic E-state index is 0.101. The number of esters is 1. The van der Waals surface area contributed by atoms with E-state index in [1.54, 1.807) is 0 Å². The molecular weight excluding hydrogens is 392 g/mol. The molecule has 0 N–H and O–H groups in total. The zero-order valence-electron chi connectivity index (χ0n) is 22.6. The highest BCUT2D eigenvalue weighted by Gasteiger charge is 2.19. The summed E-state index contributed by atoms with van der Waals surface area (Å²) in [4.78, 5) is 12.7. The Morgan fingerprint density at radius 3 is 1.16 bits per heavy atom. The molecule has 192 valence electrons. The predicted octanol–water partition coefficient (Wildman–Crippen LogP) is 10.6. The number of carbonyl (C=O) groups is 1. The fourth-order valence-corrected chi connectivity index (χ4v) is 4.60. The molecule has 0 aliphatic rings. The lowest BCUT2D eigenvalue weighted by molar-refractivity contribution is -0.149. The lowest BCUT2D eigenvalue weighted by atomic mass is 9.94. The third-order valence-corrected chi connectivity index (χ3v) is 6.89. The Hall–Kier alpha value is -0.530. The van der Waals surface area contributed by atoms with Crippen LogP contribution in [0.1, 0.15) is 175 Å². The van der Waals surface area contributed by atoms with Crippen LogP contribution in [0.25, 0.3) is 0 Å². The topological polar surface area (TPSA) is 26.3 Å². The molecule has 32 heavy (non-hydrogen) atoms. The van der Waals surface area contributed by atoms with E-state index in [0.717, 1.165) is 19.3 Å². The van der Waals surface area contributed by atoms with Crippen LogP contribution in [0, 0.1) is 5.92 Å². The molecule has 0 amide bonds. The number of ether oxygens (including phenoxy) is 1. The van der Waals surface area contributed by atoms with E-state index in [4.69, 9.17) is 4.74 Å². The Balaban J connectivity index is 4.00. The molecule has 0 rings (SSSR count). The molecule has 0 radical (unpaired) electrons. The monoisotopic (exact) mass is 452 g/mol. The van der Waals surface area contributed by atoms with Gasteiger partial charge in [-0.1, -0.05) is 156 Å². The molecule has 0 aromatic heterocycles. The first-order valence-corrected chi connectivity index (χ1v) is 14.9. The fraction of sp³-hybridized carbons (Fsp3) is 0.967. The summed E-state index contributed by atoms with van der Waals surface area (Å²) in [7, 11) is 0. The molecule has 0 aromatic rings. The minimum Gasteiger partial charge on any atom is -0.465 e. The van der Waals surface area contributed by atoms with Gasteiger partial charge in [0.15, 0.2) is 0 Å². The summed E-state index contributed by atoms with van der Waals surface area (Å²) in [6.45, 7) is 7.45. The Morgan fingerprint density at radius 2 is 0.781 bits per heavy atom. The highest BCUT2D eigenvalue weighted by atomic mass is 16.5. The van der Waals surface area contributed by atoms with Crippen LogP contribution >= 0.6 is 0 Å². The number of hydrogen-bond acceptors (Lipinski definition) is 2. The van der Waals surface area contributed by atoms with E-state index < -0.39 is 0 Å². The van der Waals surface area contributed by atoms with E-state index in [1.165, 1.54) is 135 Å². The lowest BCUT2D eigenvalue weighted by Crippen LogP contribution is -2.18. The van der Waals surface area contributed by atoms with Gasteiger partial charge in [0.05, 0.1) is 12.5 Å². The van der Waals surface area contributed by atoms with Gasteiger partial charge in [-0.3, -0.25) is 4.79 Å². The highest BCUT2D eigenvalue weighted by molar-refractivity contribution is 5.72. The van der Waals surface area contributed by atoms with Crippen LogP contribution in [0.3, 0.4) is 0 Å². The van der Waals surface area contributed by atoms with Crippen molar-refractivity contribution in [2.24, 2.45) is 5.92 Å². The molecule has 0 fully saturated rings. The molecule has 0 spiro atoms. The van der Waals surface area contributed by atoms with Crippen LogP contribution < -0.4 is 0 Å². The van der Waals surface area contributed by atoms with Gasteiger partial charge in [0.1, 0.15) is 0 Å². The average molecular weight is 453 g/mol. The largest absolute Gasteiger partial charge is 0.465 e. The van der Waals surface area contributed by atoms with E-state index in [9.17, 15) is 4.79 Å². The first-order chi connectivity index (χ1) is 15.8. The summed E-state index contributed by atoms with van der Waals surface area (Å²) in [5.41, 5.74) is 0. The van der Waals surface area contributed by atoms with Crippen LogP contribution in [0.5, 0.6) is 0 Å². The van der Waals surface area contributed by atoms with Gasteiger partial charge in [0.25, 0.3) is 0 Å². The van der Waals surface area contributed by atoms with Crippen molar-refractivity contribution >= 4 is 5.97 Å². The zero-order chi connectivity index (χ0) is 23.5. The molecule has 0 aliphatic heterocycles. The Bertz CT molecular complexity index is 366. The van der Waals surface area contributed by atoms with Crippen LogP contribution in [0.15, 0.2) is 0 Å². The van der Waals surface area contributed by atoms with Crippen molar-refractivity contribution in [1.82, 2.24) is 0 Å². The van der Waals surface area contributed by atoms with Gasteiger partial charge in [-0.25, -0.2) is 0 Å².